The summed E-state index contributed by atoms with van der Waals surface area (Å²) in [6.07, 6.45) is 3.26. The van der Waals surface area contributed by atoms with Crippen LogP contribution in [0, 0.1) is 6.92 Å². The maximum absolute atomic E-state index is 12.7. The third-order valence-corrected chi connectivity index (χ3v) is 5.66. The van der Waals surface area contributed by atoms with Crippen molar-refractivity contribution in [3.8, 4) is 0 Å². The number of fused-ring (bicyclic) bond motifs is 1. The van der Waals surface area contributed by atoms with Gasteiger partial charge < -0.3 is 0 Å². The topological polar surface area (TPSA) is 67.6 Å². The van der Waals surface area contributed by atoms with E-state index in [1.807, 2.05) is 26.0 Å². The Morgan fingerprint density at radius 3 is 2.25 bits per heavy atom. The van der Waals surface area contributed by atoms with E-state index in [2.05, 4.69) is 29.1 Å². The molecule has 2 aromatic rings. The zero-order valence-electron chi connectivity index (χ0n) is 16.9. The van der Waals surface area contributed by atoms with Gasteiger partial charge in [0, 0.05) is 18.4 Å². The third-order valence-electron chi connectivity index (χ3n) is 4.59. The van der Waals surface area contributed by atoms with Crippen LogP contribution in [0.15, 0.2) is 34.4 Å². The zero-order valence-corrected chi connectivity index (χ0v) is 17.7. The second-order valence-electron chi connectivity index (χ2n) is 6.78. The molecule has 1 aromatic carbocycles. The van der Waals surface area contributed by atoms with E-state index in [1.54, 1.807) is 11.5 Å². The van der Waals surface area contributed by atoms with E-state index in [0.29, 0.717) is 34.6 Å². The zero-order chi connectivity index (χ0) is 20.3. The second-order valence-corrected chi connectivity index (χ2v) is 7.76. The van der Waals surface area contributed by atoms with Crippen molar-refractivity contribution in [3.63, 3.8) is 0 Å². The molecule has 0 N–H and O–H groups in total. The van der Waals surface area contributed by atoms with Gasteiger partial charge in [0.25, 0.3) is 0 Å². The van der Waals surface area contributed by atoms with E-state index >= 15 is 0 Å². The number of carbonyl (C=O) groups excluding carboxylic acids is 2. The monoisotopic (exact) mass is 398 g/mol. The van der Waals surface area contributed by atoms with Gasteiger partial charge >= 0.3 is 0 Å². The molecule has 0 spiro atoms. The number of carbonyl (C=O) groups is 2. The van der Waals surface area contributed by atoms with Crippen molar-refractivity contribution in [1.29, 1.82) is 0 Å². The number of hydrazone groups is 1. The molecule has 1 aliphatic rings. The fraction of sp³-hybridized carbons (Fsp3) is 0.429. The van der Waals surface area contributed by atoms with Crippen LogP contribution in [0.3, 0.4) is 0 Å². The van der Waals surface area contributed by atoms with Gasteiger partial charge in [-0.2, -0.15) is 10.1 Å². The molecule has 3 rings (SSSR count). The van der Waals surface area contributed by atoms with Gasteiger partial charge in [-0.05, 0) is 43.5 Å². The number of hydrogen-bond donors (Lipinski definition) is 0. The van der Waals surface area contributed by atoms with Gasteiger partial charge in [-0.15, -0.1) is 0 Å². The Morgan fingerprint density at radius 1 is 1.00 bits per heavy atom. The number of hydrogen-bond acceptors (Lipinski definition) is 5. The highest BCUT2D eigenvalue weighted by Gasteiger charge is 2.32. The number of amides is 1. The van der Waals surface area contributed by atoms with Crippen LogP contribution in [-0.4, -0.2) is 26.4 Å². The van der Waals surface area contributed by atoms with Gasteiger partial charge in [-0.1, -0.05) is 45.0 Å². The molecule has 0 unspecified atom stereocenters. The molecule has 148 valence electrons. The molecule has 2 heterocycles. The predicted octanol–water partition coefficient (Wildman–Crippen LogP) is 4.79. The summed E-state index contributed by atoms with van der Waals surface area (Å²) in [6, 6.07) is 8.16. The number of rotatable bonds is 6. The maximum Gasteiger partial charge on any atom is 0.248 e. The summed E-state index contributed by atoms with van der Waals surface area (Å²) in [5.74, 6) is 0.924. The molecule has 0 radical (unpaired) electrons. The normalized spacial score (nSPS) is 13.3. The summed E-state index contributed by atoms with van der Waals surface area (Å²) >= 11 is 1.40. The molecular formula is C21H26N4O2S. The molecule has 0 fully saturated rings. The van der Waals surface area contributed by atoms with E-state index in [-0.39, 0.29) is 11.8 Å². The van der Waals surface area contributed by atoms with Gasteiger partial charge in [0.15, 0.2) is 5.82 Å². The summed E-state index contributed by atoms with van der Waals surface area (Å²) in [6.45, 7) is 7.84. The van der Waals surface area contributed by atoms with Crippen molar-refractivity contribution in [2.75, 3.05) is 5.01 Å². The Morgan fingerprint density at radius 2 is 1.64 bits per heavy atom. The van der Waals surface area contributed by atoms with Crippen LogP contribution in [0.5, 0.6) is 0 Å². The molecule has 0 aliphatic carbocycles. The highest BCUT2D eigenvalue weighted by molar-refractivity contribution is 8.14. The average molecular weight is 399 g/mol. The van der Waals surface area contributed by atoms with E-state index in [9.17, 15) is 9.59 Å². The minimum Gasteiger partial charge on any atom is -0.274 e. The summed E-state index contributed by atoms with van der Waals surface area (Å²) in [5.41, 5.74) is 2.17. The van der Waals surface area contributed by atoms with Crippen LogP contribution in [0.4, 0.5) is 5.82 Å². The van der Waals surface area contributed by atoms with Crippen molar-refractivity contribution in [3.05, 3.63) is 41.2 Å². The number of aromatic nitrogens is 2. The minimum absolute atomic E-state index is 0.00767. The molecule has 0 saturated carbocycles. The van der Waals surface area contributed by atoms with Crippen molar-refractivity contribution in [1.82, 2.24) is 9.55 Å². The first-order valence-electron chi connectivity index (χ1n) is 9.81. The molecule has 1 amide bonds. The van der Waals surface area contributed by atoms with E-state index in [0.717, 1.165) is 24.8 Å². The highest BCUT2D eigenvalue weighted by atomic mass is 32.2. The first-order chi connectivity index (χ1) is 13.5. The lowest BCUT2D eigenvalue weighted by atomic mass is 10.1. The van der Waals surface area contributed by atoms with Crippen LogP contribution in [0.2, 0.25) is 0 Å². The van der Waals surface area contributed by atoms with Crippen molar-refractivity contribution in [2.24, 2.45) is 5.10 Å². The predicted molar refractivity (Wildman–Crippen MR) is 113 cm³/mol. The SMILES string of the molecule is CCCC(=O)N1N=C(c2ccc(CC)cc2)Sc2c1nc(C)n2C(=O)CCC. The first-order valence-corrected chi connectivity index (χ1v) is 10.6. The summed E-state index contributed by atoms with van der Waals surface area (Å²) < 4.78 is 1.63. The lowest BCUT2D eigenvalue weighted by Crippen LogP contribution is -2.30. The summed E-state index contributed by atoms with van der Waals surface area (Å²) in [7, 11) is 0. The molecule has 28 heavy (non-hydrogen) atoms. The Balaban J connectivity index is 2.08. The lowest BCUT2D eigenvalue weighted by Gasteiger charge is -2.23. The molecule has 1 aliphatic heterocycles. The standard InChI is InChI=1S/C21H26N4O2S/c1-5-8-17(26)24-14(4)22-19-21(24)28-20(23-25(19)18(27)9-6-2)16-12-10-15(7-3)11-13-16/h10-13H,5-9H2,1-4H3. The lowest BCUT2D eigenvalue weighted by molar-refractivity contribution is -0.118. The van der Waals surface area contributed by atoms with E-state index in [4.69, 9.17) is 0 Å². The second kappa shape index (κ2) is 8.73. The van der Waals surface area contributed by atoms with Gasteiger partial charge in [-0.3, -0.25) is 14.2 Å². The summed E-state index contributed by atoms with van der Waals surface area (Å²) in [5, 5.41) is 7.35. The largest absolute Gasteiger partial charge is 0.274 e. The average Bonchev–Trinajstić information content (AvgIpc) is 3.03. The molecule has 0 saturated heterocycles. The Labute approximate surface area is 170 Å². The number of thioether (sulfide) groups is 1. The minimum atomic E-state index is -0.112. The molecule has 6 nitrogen and oxygen atoms in total. The number of benzene rings is 1. The molecule has 0 atom stereocenters. The Kier molecular flexibility index (Phi) is 6.34. The van der Waals surface area contributed by atoms with E-state index in [1.165, 1.54) is 22.3 Å². The quantitative estimate of drug-likeness (QED) is 0.701. The fourth-order valence-corrected chi connectivity index (χ4v) is 4.20. The molecule has 0 bridgehead atoms. The molecule has 7 heteroatoms. The summed E-state index contributed by atoms with van der Waals surface area (Å²) in [4.78, 5) is 29.9. The Hall–Kier alpha value is -2.41. The molecular weight excluding hydrogens is 372 g/mol. The van der Waals surface area contributed by atoms with E-state index < -0.39 is 0 Å². The van der Waals surface area contributed by atoms with Crippen LogP contribution in [0.1, 0.15) is 68.2 Å². The van der Waals surface area contributed by atoms with Crippen LogP contribution < -0.4 is 5.01 Å². The first kappa shape index (κ1) is 20.3. The fourth-order valence-electron chi connectivity index (χ4n) is 3.09. The van der Waals surface area contributed by atoms with Crippen LogP contribution in [0.25, 0.3) is 0 Å². The van der Waals surface area contributed by atoms with Gasteiger partial charge in [-0.25, -0.2) is 4.98 Å². The Bertz CT molecular complexity index is 915. The third kappa shape index (κ3) is 3.90. The maximum atomic E-state index is 12.7. The van der Waals surface area contributed by atoms with Gasteiger partial charge in [0.2, 0.25) is 11.8 Å². The van der Waals surface area contributed by atoms with Crippen LogP contribution >= 0.6 is 11.8 Å². The van der Waals surface area contributed by atoms with Crippen molar-refractivity contribution >= 4 is 34.4 Å². The smallest absolute Gasteiger partial charge is 0.248 e. The number of nitrogens with zero attached hydrogens (tertiary/aromatic N) is 4. The van der Waals surface area contributed by atoms with Crippen molar-refractivity contribution < 1.29 is 9.59 Å². The number of imidazole rings is 1. The molecule has 1 aromatic heterocycles. The van der Waals surface area contributed by atoms with Crippen LogP contribution in [-0.2, 0) is 11.2 Å². The van der Waals surface area contributed by atoms with Crippen molar-refractivity contribution in [2.45, 2.75) is 64.8 Å². The van der Waals surface area contributed by atoms with Gasteiger partial charge in [0.1, 0.15) is 15.9 Å². The van der Waals surface area contributed by atoms with Gasteiger partial charge in [0.05, 0.1) is 0 Å². The number of aryl methyl sites for hydroxylation is 2. The number of anilines is 1. The highest BCUT2D eigenvalue weighted by Crippen LogP contribution is 2.38.